The van der Waals surface area contributed by atoms with E-state index in [2.05, 4.69) is 28.2 Å². The number of carbonyl (C=O) groups excluding carboxylic acids is 1. The second kappa shape index (κ2) is 5.10. The van der Waals surface area contributed by atoms with E-state index in [1.165, 1.54) is 0 Å². The number of primary amides is 1. The van der Waals surface area contributed by atoms with Crippen molar-refractivity contribution in [2.24, 2.45) is 11.7 Å². The summed E-state index contributed by atoms with van der Waals surface area (Å²) in [6.07, 6.45) is 2.82. The number of benzene rings is 1. The van der Waals surface area contributed by atoms with Gasteiger partial charge >= 0.3 is 0 Å². The number of rotatable bonds is 3. The zero-order valence-electron chi connectivity index (χ0n) is 10.2. The highest BCUT2D eigenvalue weighted by molar-refractivity contribution is 9.10. The van der Waals surface area contributed by atoms with Gasteiger partial charge in [-0.2, -0.15) is 0 Å². The highest BCUT2D eigenvalue weighted by atomic mass is 79.9. The molecule has 98 valence electrons. The van der Waals surface area contributed by atoms with E-state index in [4.69, 9.17) is 17.3 Å². The summed E-state index contributed by atoms with van der Waals surface area (Å²) in [5, 5.41) is 3.95. The molecule has 0 radical (unpaired) electrons. The van der Waals surface area contributed by atoms with Crippen LogP contribution in [-0.2, 0) is 4.79 Å². The summed E-state index contributed by atoms with van der Waals surface area (Å²) in [5.41, 5.74) is 5.83. The van der Waals surface area contributed by atoms with E-state index in [1.807, 2.05) is 12.1 Å². The molecular formula is C13H16BrClN2O. The van der Waals surface area contributed by atoms with Crippen molar-refractivity contribution in [3.63, 3.8) is 0 Å². The summed E-state index contributed by atoms with van der Waals surface area (Å²) in [5.74, 6) is -0.0389. The first-order valence-corrected chi connectivity index (χ1v) is 7.16. The van der Waals surface area contributed by atoms with Gasteiger partial charge in [0.25, 0.3) is 0 Å². The van der Waals surface area contributed by atoms with Crippen LogP contribution in [0.1, 0.15) is 26.2 Å². The molecule has 0 spiro atoms. The topological polar surface area (TPSA) is 55.1 Å². The summed E-state index contributed by atoms with van der Waals surface area (Å²) in [4.78, 5) is 11.8. The quantitative estimate of drug-likeness (QED) is 0.890. The van der Waals surface area contributed by atoms with Gasteiger partial charge < -0.3 is 11.1 Å². The van der Waals surface area contributed by atoms with Crippen molar-refractivity contribution in [1.29, 1.82) is 0 Å². The second-order valence-electron chi connectivity index (χ2n) is 4.88. The third-order valence-corrected chi connectivity index (χ3v) is 4.99. The Morgan fingerprint density at radius 3 is 2.83 bits per heavy atom. The Kier molecular flexibility index (Phi) is 3.87. The lowest BCUT2D eigenvalue weighted by molar-refractivity contribution is -0.123. The molecule has 3 N–H and O–H groups in total. The van der Waals surface area contributed by atoms with Crippen LogP contribution >= 0.6 is 27.5 Å². The van der Waals surface area contributed by atoms with E-state index >= 15 is 0 Å². The van der Waals surface area contributed by atoms with Gasteiger partial charge in [0.05, 0.1) is 5.02 Å². The average Bonchev–Trinajstić information content (AvgIpc) is 2.67. The van der Waals surface area contributed by atoms with E-state index in [0.29, 0.717) is 5.02 Å². The molecule has 1 aromatic rings. The van der Waals surface area contributed by atoms with Gasteiger partial charge in [-0.15, -0.1) is 0 Å². The molecule has 0 bridgehead atoms. The Morgan fingerprint density at radius 1 is 1.61 bits per heavy atom. The van der Waals surface area contributed by atoms with E-state index in [0.717, 1.165) is 29.4 Å². The van der Waals surface area contributed by atoms with Gasteiger partial charge in [0.15, 0.2) is 0 Å². The molecule has 1 amide bonds. The van der Waals surface area contributed by atoms with Crippen LogP contribution in [0.2, 0.25) is 5.02 Å². The lowest BCUT2D eigenvalue weighted by Gasteiger charge is -2.32. The number of anilines is 1. The molecule has 2 rings (SSSR count). The van der Waals surface area contributed by atoms with Gasteiger partial charge in [0.1, 0.15) is 5.54 Å². The van der Waals surface area contributed by atoms with Crippen molar-refractivity contribution in [3.8, 4) is 0 Å². The number of nitrogens with two attached hydrogens (primary N) is 1. The third kappa shape index (κ3) is 2.36. The van der Waals surface area contributed by atoms with Crippen LogP contribution in [0.4, 0.5) is 5.69 Å². The van der Waals surface area contributed by atoms with Gasteiger partial charge in [-0.25, -0.2) is 0 Å². The van der Waals surface area contributed by atoms with E-state index in [9.17, 15) is 4.79 Å². The summed E-state index contributed by atoms with van der Waals surface area (Å²) in [7, 11) is 0. The summed E-state index contributed by atoms with van der Waals surface area (Å²) < 4.78 is 0.805. The summed E-state index contributed by atoms with van der Waals surface area (Å²) >= 11 is 9.33. The van der Waals surface area contributed by atoms with Gasteiger partial charge in [-0.3, -0.25) is 4.79 Å². The van der Waals surface area contributed by atoms with E-state index in [1.54, 1.807) is 6.07 Å². The molecule has 0 aromatic heterocycles. The van der Waals surface area contributed by atoms with Crippen LogP contribution in [-0.4, -0.2) is 11.4 Å². The molecule has 0 saturated heterocycles. The van der Waals surface area contributed by atoms with Gasteiger partial charge in [0, 0.05) is 10.2 Å². The monoisotopic (exact) mass is 330 g/mol. The Bertz CT molecular complexity index is 480. The summed E-state index contributed by atoms with van der Waals surface area (Å²) in [6.45, 7) is 2.07. The van der Waals surface area contributed by atoms with Crippen LogP contribution in [0.5, 0.6) is 0 Å². The highest BCUT2D eigenvalue weighted by Crippen LogP contribution is 2.39. The molecule has 3 nitrogen and oxygen atoms in total. The second-order valence-corrected chi connectivity index (χ2v) is 6.14. The fourth-order valence-corrected chi connectivity index (χ4v) is 3.12. The minimum Gasteiger partial charge on any atom is -0.371 e. The standard InChI is InChI=1S/C13H16BrClN2O/c1-8-3-2-6-13(8,12(16)18)17-9-4-5-11(15)10(14)7-9/h4-5,7-8,17H,2-3,6H2,1H3,(H2,16,18). The maximum absolute atomic E-state index is 11.8. The first kappa shape index (κ1) is 13.7. The molecule has 1 aromatic carbocycles. The number of halogens is 2. The van der Waals surface area contributed by atoms with Crippen molar-refractivity contribution in [2.45, 2.75) is 31.7 Å². The maximum Gasteiger partial charge on any atom is 0.243 e. The number of carbonyl (C=O) groups is 1. The van der Waals surface area contributed by atoms with Crippen molar-refractivity contribution in [2.75, 3.05) is 5.32 Å². The first-order valence-electron chi connectivity index (χ1n) is 5.99. The van der Waals surface area contributed by atoms with Gasteiger partial charge in [-0.1, -0.05) is 24.9 Å². The molecule has 18 heavy (non-hydrogen) atoms. The van der Waals surface area contributed by atoms with Crippen LogP contribution in [0.3, 0.4) is 0 Å². The van der Waals surface area contributed by atoms with Gasteiger partial charge in [0.2, 0.25) is 5.91 Å². The number of hydrogen-bond acceptors (Lipinski definition) is 2. The summed E-state index contributed by atoms with van der Waals surface area (Å²) in [6, 6.07) is 5.53. The van der Waals surface area contributed by atoms with Crippen LogP contribution < -0.4 is 11.1 Å². The minimum atomic E-state index is -0.632. The van der Waals surface area contributed by atoms with Crippen molar-refractivity contribution >= 4 is 39.1 Å². The molecule has 0 aliphatic heterocycles. The molecule has 1 fully saturated rings. The average molecular weight is 332 g/mol. The first-order chi connectivity index (χ1) is 8.45. The molecule has 1 aliphatic rings. The van der Waals surface area contributed by atoms with E-state index < -0.39 is 5.54 Å². The molecule has 1 aliphatic carbocycles. The van der Waals surface area contributed by atoms with Crippen molar-refractivity contribution in [3.05, 3.63) is 27.7 Å². The minimum absolute atomic E-state index is 0.240. The molecule has 5 heteroatoms. The molecular weight excluding hydrogens is 316 g/mol. The van der Waals surface area contributed by atoms with Crippen LogP contribution in [0, 0.1) is 5.92 Å². The smallest absolute Gasteiger partial charge is 0.243 e. The lowest BCUT2D eigenvalue weighted by Crippen LogP contribution is -2.52. The van der Waals surface area contributed by atoms with Gasteiger partial charge in [-0.05, 0) is 52.9 Å². The lowest BCUT2D eigenvalue weighted by atomic mass is 9.87. The fourth-order valence-electron chi connectivity index (χ4n) is 2.62. The predicted octanol–water partition coefficient (Wildman–Crippen LogP) is 3.56. The molecule has 0 heterocycles. The highest BCUT2D eigenvalue weighted by Gasteiger charge is 2.45. The molecule has 1 saturated carbocycles. The Hall–Kier alpha value is -0.740. The van der Waals surface area contributed by atoms with E-state index in [-0.39, 0.29) is 11.8 Å². The number of nitrogens with one attached hydrogen (secondary N) is 1. The van der Waals surface area contributed by atoms with Crippen LogP contribution in [0.15, 0.2) is 22.7 Å². The Labute approximate surface area is 120 Å². The SMILES string of the molecule is CC1CCCC1(Nc1ccc(Cl)c(Br)c1)C(N)=O. The maximum atomic E-state index is 11.8. The normalized spacial score (nSPS) is 27.2. The zero-order valence-corrected chi connectivity index (χ0v) is 12.5. The Morgan fingerprint density at radius 2 is 2.33 bits per heavy atom. The fraction of sp³-hybridized carbons (Fsp3) is 0.462. The molecule has 2 atom stereocenters. The zero-order chi connectivity index (χ0) is 13.3. The molecule has 2 unspecified atom stereocenters. The Balaban J connectivity index is 2.29. The number of hydrogen-bond donors (Lipinski definition) is 2. The third-order valence-electron chi connectivity index (χ3n) is 3.78. The largest absolute Gasteiger partial charge is 0.371 e. The predicted molar refractivity (Wildman–Crippen MR) is 77.7 cm³/mol. The van der Waals surface area contributed by atoms with Crippen molar-refractivity contribution in [1.82, 2.24) is 0 Å². The van der Waals surface area contributed by atoms with Crippen LogP contribution in [0.25, 0.3) is 0 Å². The number of amides is 1. The van der Waals surface area contributed by atoms with Crippen molar-refractivity contribution < 1.29 is 4.79 Å².